The van der Waals surface area contributed by atoms with Gasteiger partial charge in [-0.25, -0.2) is 0 Å². The number of phenolic OH excluding ortho intramolecular Hbond substituents is 1. The Labute approximate surface area is 161 Å². The van der Waals surface area contributed by atoms with Crippen molar-refractivity contribution in [2.24, 2.45) is 0 Å². The van der Waals surface area contributed by atoms with Crippen LogP contribution in [0.2, 0.25) is 0 Å². The fraction of sp³-hybridized carbons (Fsp3) is 0.190. The van der Waals surface area contributed by atoms with E-state index < -0.39 is 0 Å². The van der Waals surface area contributed by atoms with Gasteiger partial charge >= 0.3 is 0 Å². The summed E-state index contributed by atoms with van der Waals surface area (Å²) in [4.78, 5) is 13.1. The highest BCUT2D eigenvalue weighted by Gasteiger charge is 2.22. The molecule has 1 aliphatic rings. The van der Waals surface area contributed by atoms with Crippen LogP contribution in [0.3, 0.4) is 0 Å². The molecule has 1 N–H and O–H groups in total. The Morgan fingerprint density at radius 3 is 2.36 bits per heavy atom. The van der Waals surface area contributed by atoms with Crippen LogP contribution in [0.1, 0.15) is 0 Å². The number of anilines is 1. The average molecular weight is 381 g/mol. The fourth-order valence-electron chi connectivity index (χ4n) is 3.43. The highest BCUT2D eigenvalue weighted by atomic mass is 16.7. The number of fused-ring (bicyclic) bond motifs is 2. The number of benzene rings is 3. The van der Waals surface area contributed by atoms with Crippen molar-refractivity contribution in [3.63, 3.8) is 0 Å². The number of aromatic hydroxyl groups is 1. The maximum absolute atomic E-state index is 11.6. The SMILES string of the molecule is COc1cc(O)c(-c2ccc3cc4c(cc3c2N(C)C=O)OCO4)cc1OC. The normalized spacial score (nSPS) is 12.1. The van der Waals surface area contributed by atoms with Crippen molar-refractivity contribution in [2.75, 3.05) is 33.0 Å². The highest BCUT2D eigenvalue weighted by Crippen LogP contribution is 2.47. The monoisotopic (exact) mass is 381 g/mol. The molecule has 7 nitrogen and oxygen atoms in total. The summed E-state index contributed by atoms with van der Waals surface area (Å²) >= 11 is 0. The number of rotatable bonds is 5. The average Bonchev–Trinajstić information content (AvgIpc) is 3.17. The molecule has 0 aliphatic carbocycles. The van der Waals surface area contributed by atoms with Gasteiger partial charge in [0.2, 0.25) is 13.2 Å². The zero-order chi connectivity index (χ0) is 19.8. The third kappa shape index (κ3) is 2.72. The number of nitrogens with zero attached hydrogens (tertiary/aromatic N) is 1. The van der Waals surface area contributed by atoms with Gasteiger partial charge in [0.15, 0.2) is 23.0 Å². The zero-order valence-electron chi connectivity index (χ0n) is 15.7. The maximum atomic E-state index is 11.6. The van der Waals surface area contributed by atoms with Gasteiger partial charge in [-0.05, 0) is 23.6 Å². The Balaban J connectivity index is 2.02. The van der Waals surface area contributed by atoms with Gasteiger partial charge in [0.05, 0.1) is 19.9 Å². The molecule has 0 atom stereocenters. The highest BCUT2D eigenvalue weighted by molar-refractivity contribution is 6.07. The predicted octanol–water partition coefficient (Wildman–Crippen LogP) is 3.55. The lowest BCUT2D eigenvalue weighted by Crippen LogP contribution is -2.15. The van der Waals surface area contributed by atoms with E-state index in [1.807, 2.05) is 24.3 Å². The smallest absolute Gasteiger partial charge is 0.231 e. The molecule has 4 rings (SSSR count). The number of ether oxygens (including phenoxy) is 4. The van der Waals surface area contributed by atoms with E-state index >= 15 is 0 Å². The molecule has 0 spiro atoms. The van der Waals surface area contributed by atoms with E-state index in [1.54, 1.807) is 13.1 Å². The molecule has 7 heteroatoms. The van der Waals surface area contributed by atoms with E-state index in [0.717, 1.165) is 17.2 Å². The summed E-state index contributed by atoms with van der Waals surface area (Å²) in [6, 6.07) is 10.6. The summed E-state index contributed by atoms with van der Waals surface area (Å²) in [5, 5.41) is 12.3. The zero-order valence-corrected chi connectivity index (χ0v) is 15.7. The molecular weight excluding hydrogens is 362 g/mol. The second kappa shape index (κ2) is 6.84. The summed E-state index contributed by atoms with van der Waals surface area (Å²) in [5.74, 6) is 2.17. The largest absolute Gasteiger partial charge is 0.507 e. The van der Waals surface area contributed by atoms with Gasteiger partial charge < -0.3 is 29.0 Å². The minimum Gasteiger partial charge on any atom is -0.507 e. The van der Waals surface area contributed by atoms with E-state index in [0.29, 0.717) is 39.8 Å². The van der Waals surface area contributed by atoms with Crippen LogP contribution in [0.4, 0.5) is 5.69 Å². The minimum absolute atomic E-state index is 0.0123. The quantitative estimate of drug-likeness (QED) is 0.681. The molecule has 1 heterocycles. The third-order valence-corrected chi connectivity index (χ3v) is 4.79. The molecule has 1 amide bonds. The molecule has 0 unspecified atom stereocenters. The topological polar surface area (TPSA) is 77.5 Å². The van der Waals surface area contributed by atoms with Crippen LogP contribution in [0.5, 0.6) is 28.7 Å². The van der Waals surface area contributed by atoms with E-state index in [-0.39, 0.29) is 12.5 Å². The van der Waals surface area contributed by atoms with Crippen LogP contribution in [-0.2, 0) is 4.79 Å². The van der Waals surface area contributed by atoms with Crippen molar-refractivity contribution >= 4 is 22.9 Å². The van der Waals surface area contributed by atoms with E-state index in [1.165, 1.54) is 25.2 Å². The lowest BCUT2D eigenvalue weighted by atomic mass is 9.96. The number of methoxy groups -OCH3 is 2. The number of carbonyl (C=O) groups is 1. The van der Waals surface area contributed by atoms with Gasteiger partial charge in [-0.1, -0.05) is 12.1 Å². The fourth-order valence-corrected chi connectivity index (χ4v) is 3.43. The Bertz CT molecular complexity index is 1080. The summed E-state index contributed by atoms with van der Waals surface area (Å²) in [6.45, 7) is 0.161. The molecule has 0 aromatic heterocycles. The molecule has 3 aromatic rings. The van der Waals surface area contributed by atoms with Crippen LogP contribution < -0.4 is 23.8 Å². The first kappa shape index (κ1) is 17.8. The van der Waals surface area contributed by atoms with Gasteiger partial charge in [0.25, 0.3) is 0 Å². The van der Waals surface area contributed by atoms with Gasteiger partial charge in [0.1, 0.15) is 5.75 Å². The minimum atomic E-state index is 0.0123. The van der Waals surface area contributed by atoms with Crippen molar-refractivity contribution in [3.8, 4) is 39.9 Å². The number of hydrogen-bond donors (Lipinski definition) is 1. The number of carbonyl (C=O) groups excluding carboxylic acids is 1. The molecule has 0 saturated carbocycles. The first-order chi connectivity index (χ1) is 13.6. The van der Waals surface area contributed by atoms with Crippen molar-refractivity contribution in [1.29, 1.82) is 0 Å². The van der Waals surface area contributed by atoms with Crippen molar-refractivity contribution in [2.45, 2.75) is 0 Å². The van der Waals surface area contributed by atoms with Crippen LogP contribution in [0, 0.1) is 0 Å². The second-order valence-electron chi connectivity index (χ2n) is 6.33. The molecule has 3 aromatic carbocycles. The van der Waals surface area contributed by atoms with Gasteiger partial charge in [-0.2, -0.15) is 0 Å². The van der Waals surface area contributed by atoms with Crippen molar-refractivity contribution in [1.82, 2.24) is 0 Å². The van der Waals surface area contributed by atoms with Gasteiger partial charge in [-0.15, -0.1) is 0 Å². The van der Waals surface area contributed by atoms with E-state index in [4.69, 9.17) is 18.9 Å². The molecule has 0 fully saturated rings. The van der Waals surface area contributed by atoms with Crippen LogP contribution >= 0.6 is 0 Å². The van der Waals surface area contributed by atoms with Gasteiger partial charge in [-0.3, -0.25) is 4.79 Å². The lowest BCUT2D eigenvalue weighted by Gasteiger charge is -2.21. The Morgan fingerprint density at radius 1 is 1.00 bits per heavy atom. The Kier molecular flexibility index (Phi) is 4.35. The van der Waals surface area contributed by atoms with E-state index in [9.17, 15) is 9.90 Å². The number of phenols is 1. The number of amides is 1. The van der Waals surface area contributed by atoms with Crippen LogP contribution in [0.15, 0.2) is 36.4 Å². The molecule has 1 aliphatic heterocycles. The summed E-state index contributed by atoms with van der Waals surface area (Å²) in [5.41, 5.74) is 1.81. The first-order valence-electron chi connectivity index (χ1n) is 8.57. The summed E-state index contributed by atoms with van der Waals surface area (Å²) in [7, 11) is 4.69. The van der Waals surface area contributed by atoms with Crippen LogP contribution in [-0.4, -0.2) is 39.6 Å². The maximum Gasteiger partial charge on any atom is 0.231 e. The molecule has 0 saturated heterocycles. The van der Waals surface area contributed by atoms with Crippen molar-refractivity contribution < 1.29 is 28.8 Å². The lowest BCUT2D eigenvalue weighted by molar-refractivity contribution is -0.107. The van der Waals surface area contributed by atoms with Crippen LogP contribution in [0.25, 0.3) is 21.9 Å². The third-order valence-electron chi connectivity index (χ3n) is 4.79. The van der Waals surface area contributed by atoms with Gasteiger partial charge in [0, 0.05) is 29.6 Å². The number of hydrogen-bond acceptors (Lipinski definition) is 6. The summed E-state index contributed by atoms with van der Waals surface area (Å²) < 4.78 is 21.6. The standard InChI is InChI=1S/C21H19NO6/c1-22(10-23)21-13(15-8-17(25-2)18(26-3)9-16(15)24)5-4-12-6-19-20(7-14(12)21)28-11-27-19/h4-10,24H,11H2,1-3H3. The molecular formula is C21H19NO6. The molecule has 144 valence electrons. The molecule has 0 bridgehead atoms. The Morgan fingerprint density at radius 2 is 1.68 bits per heavy atom. The van der Waals surface area contributed by atoms with E-state index in [2.05, 4.69) is 0 Å². The first-order valence-corrected chi connectivity index (χ1v) is 8.57. The molecule has 28 heavy (non-hydrogen) atoms. The molecule has 0 radical (unpaired) electrons. The Hall–Kier alpha value is -3.61. The summed E-state index contributed by atoms with van der Waals surface area (Å²) in [6.07, 6.45) is 0.723. The van der Waals surface area contributed by atoms with Crippen molar-refractivity contribution in [3.05, 3.63) is 36.4 Å². The second-order valence-corrected chi connectivity index (χ2v) is 6.33. The predicted molar refractivity (Wildman–Crippen MR) is 105 cm³/mol.